The predicted octanol–water partition coefficient (Wildman–Crippen LogP) is 2.75. The second-order valence-corrected chi connectivity index (χ2v) is 3.97. The molecule has 0 bridgehead atoms. The Morgan fingerprint density at radius 3 is 2.50 bits per heavy atom. The van der Waals surface area contributed by atoms with E-state index in [0.29, 0.717) is 0 Å². The van der Waals surface area contributed by atoms with Crippen LogP contribution in [0.2, 0.25) is 0 Å². The van der Waals surface area contributed by atoms with Gasteiger partial charge >= 0.3 is 0 Å². The van der Waals surface area contributed by atoms with Crippen molar-refractivity contribution < 1.29 is 0 Å². The summed E-state index contributed by atoms with van der Waals surface area (Å²) in [4.78, 5) is 0. The van der Waals surface area contributed by atoms with Gasteiger partial charge in [-0.05, 0) is 32.9 Å². The molecule has 1 fully saturated rings. The molecule has 0 aromatic carbocycles. The van der Waals surface area contributed by atoms with Crippen molar-refractivity contribution in [1.29, 1.82) is 0 Å². The molecule has 0 saturated carbocycles. The van der Waals surface area contributed by atoms with E-state index in [4.69, 9.17) is 0 Å². The highest BCUT2D eigenvalue weighted by molar-refractivity contribution is 7.43. The fraction of sp³-hybridized carbons (Fsp3) is 0.714. The highest BCUT2D eigenvalue weighted by Crippen LogP contribution is 2.38. The minimum absolute atomic E-state index is 1.16. The van der Waals surface area contributed by atoms with Gasteiger partial charge in [-0.3, -0.25) is 0 Å². The normalized spacial score (nSPS) is 22.5. The van der Waals surface area contributed by atoms with Gasteiger partial charge in [0.1, 0.15) is 0 Å². The van der Waals surface area contributed by atoms with Crippen LogP contribution < -0.4 is 0 Å². The monoisotopic (exact) mass is 128 g/mol. The molecule has 0 aliphatic carbocycles. The Hall–Kier alpha value is 0.170. The van der Waals surface area contributed by atoms with Crippen molar-refractivity contribution >= 4 is 8.58 Å². The van der Waals surface area contributed by atoms with E-state index < -0.39 is 0 Å². The van der Waals surface area contributed by atoms with Crippen molar-refractivity contribution in [3.05, 3.63) is 10.9 Å². The Bertz CT molecular complexity index is 102. The summed E-state index contributed by atoms with van der Waals surface area (Å²) in [6.45, 7) is 4.46. The summed E-state index contributed by atoms with van der Waals surface area (Å²) in [5.41, 5.74) is 1.57. The van der Waals surface area contributed by atoms with Gasteiger partial charge in [0.2, 0.25) is 0 Å². The lowest BCUT2D eigenvalue weighted by Gasteiger charge is -1.95. The topological polar surface area (TPSA) is 0 Å². The van der Waals surface area contributed by atoms with E-state index in [1.165, 1.54) is 19.0 Å². The zero-order valence-corrected chi connectivity index (χ0v) is 6.62. The molecule has 0 aromatic rings. The Labute approximate surface area is 53.1 Å². The van der Waals surface area contributed by atoms with Gasteiger partial charge in [0.15, 0.2) is 0 Å². The Kier molecular flexibility index (Phi) is 2.08. The van der Waals surface area contributed by atoms with Crippen molar-refractivity contribution in [3.63, 3.8) is 0 Å². The smallest absolute Gasteiger partial charge is 0.0274 e. The first kappa shape index (κ1) is 6.29. The molecule has 1 aliphatic heterocycles. The van der Waals surface area contributed by atoms with Crippen LogP contribution in [0.1, 0.15) is 26.7 Å². The maximum Gasteiger partial charge on any atom is -0.0274 e. The number of rotatable bonds is 0. The molecular weight excluding hydrogens is 115 g/mol. The molecule has 0 nitrogen and oxygen atoms in total. The van der Waals surface area contributed by atoms with E-state index >= 15 is 0 Å². The van der Waals surface area contributed by atoms with Gasteiger partial charge in [-0.1, -0.05) is 19.5 Å². The molecule has 0 aromatic heterocycles. The molecule has 0 amide bonds. The molecule has 1 unspecified atom stereocenters. The summed E-state index contributed by atoms with van der Waals surface area (Å²) in [6, 6.07) is 0. The average Bonchev–Trinajstić information content (AvgIpc) is 2.12. The van der Waals surface area contributed by atoms with Gasteiger partial charge < -0.3 is 0 Å². The van der Waals surface area contributed by atoms with Crippen LogP contribution >= 0.6 is 8.58 Å². The number of hydrogen-bond acceptors (Lipinski definition) is 0. The number of hydrogen-bond donors (Lipinski definition) is 0. The Balaban J connectivity index is 2.58. The maximum atomic E-state index is 2.23. The SMILES string of the molecule is CC(C)=C1CCCP1. The summed E-state index contributed by atoms with van der Waals surface area (Å²) < 4.78 is 0. The highest BCUT2D eigenvalue weighted by Gasteiger charge is 2.06. The molecule has 0 radical (unpaired) electrons. The third-order valence-electron chi connectivity index (χ3n) is 1.55. The summed E-state index contributed by atoms with van der Waals surface area (Å²) in [7, 11) is 1.16. The predicted molar refractivity (Wildman–Crippen MR) is 40.8 cm³/mol. The fourth-order valence-electron chi connectivity index (χ4n) is 1.02. The van der Waals surface area contributed by atoms with Gasteiger partial charge in [0.25, 0.3) is 0 Å². The van der Waals surface area contributed by atoms with Gasteiger partial charge in [0.05, 0.1) is 0 Å². The summed E-state index contributed by atoms with van der Waals surface area (Å²) >= 11 is 0. The maximum absolute atomic E-state index is 2.23. The van der Waals surface area contributed by atoms with Crippen LogP contribution in [0, 0.1) is 0 Å². The molecule has 1 rings (SSSR count). The molecule has 46 valence electrons. The van der Waals surface area contributed by atoms with Crippen molar-refractivity contribution in [2.45, 2.75) is 26.7 Å². The lowest BCUT2D eigenvalue weighted by molar-refractivity contribution is 0.983. The van der Waals surface area contributed by atoms with Crippen molar-refractivity contribution in [2.75, 3.05) is 6.16 Å². The zero-order chi connectivity index (χ0) is 5.98. The molecule has 8 heavy (non-hydrogen) atoms. The van der Waals surface area contributed by atoms with E-state index in [2.05, 4.69) is 13.8 Å². The largest absolute Gasteiger partial charge is 0.0949 e. The van der Waals surface area contributed by atoms with Gasteiger partial charge in [-0.15, -0.1) is 0 Å². The van der Waals surface area contributed by atoms with Crippen LogP contribution in [-0.4, -0.2) is 6.16 Å². The van der Waals surface area contributed by atoms with E-state index in [9.17, 15) is 0 Å². The first-order valence-electron chi connectivity index (χ1n) is 3.21. The molecule has 1 heterocycles. The first-order valence-corrected chi connectivity index (χ1v) is 4.41. The minimum atomic E-state index is 1.16. The van der Waals surface area contributed by atoms with Crippen LogP contribution in [0.15, 0.2) is 10.9 Å². The van der Waals surface area contributed by atoms with Gasteiger partial charge in [-0.2, -0.15) is 0 Å². The van der Waals surface area contributed by atoms with Crippen LogP contribution in [-0.2, 0) is 0 Å². The van der Waals surface area contributed by atoms with Crippen molar-refractivity contribution in [2.24, 2.45) is 0 Å². The molecule has 1 aliphatic rings. The lowest BCUT2D eigenvalue weighted by atomic mass is 10.2. The number of allylic oxidation sites excluding steroid dienone is 2. The molecule has 0 N–H and O–H groups in total. The Morgan fingerprint density at radius 2 is 2.25 bits per heavy atom. The second kappa shape index (κ2) is 2.64. The fourth-order valence-corrected chi connectivity index (χ4v) is 2.38. The molecule has 1 atom stereocenters. The van der Waals surface area contributed by atoms with E-state index in [-0.39, 0.29) is 0 Å². The van der Waals surface area contributed by atoms with Crippen LogP contribution in [0.5, 0.6) is 0 Å². The third kappa shape index (κ3) is 1.32. The quantitative estimate of drug-likeness (QED) is 0.440. The van der Waals surface area contributed by atoms with Gasteiger partial charge in [0, 0.05) is 0 Å². The molecule has 1 heteroatoms. The first-order chi connectivity index (χ1) is 3.80. The summed E-state index contributed by atoms with van der Waals surface area (Å²) in [6.07, 6.45) is 4.29. The van der Waals surface area contributed by atoms with Gasteiger partial charge in [-0.25, -0.2) is 0 Å². The average molecular weight is 128 g/mol. The summed E-state index contributed by atoms with van der Waals surface area (Å²) in [5, 5.41) is 1.74. The highest BCUT2D eigenvalue weighted by atomic mass is 31.1. The third-order valence-corrected chi connectivity index (χ3v) is 3.33. The standard InChI is InChI=1S/C7H13P/c1-6(2)7-4-3-5-8-7/h8H,3-5H2,1-2H3. The lowest BCUT2D eigenvalue weighted by Crippen LogP contribution is -1.69. The van der Waals surface area contributed by atoms with Crippen molar-refractivity contribution in [3.8, 4) is 0 Å². The van der Waals surface area contributed by atoms with Crippen molar-refractivity contribution in [1.82, 2.24) is 0 Å². The molecule has 1 saturated heterocycles. The van der Waals surface area contributed by atoms with Crippen LogP contribution in [0.4, 0.5) is 0 Å². The summed E-state index contributed by atoms with van der Waals surface area (Å²) in [5.74, 6) is 0. The van der Waals surface area contributed by atoms with E-state index in [0.717, 1.165) is 8.58 Å². The zero-order valence-electron chi connectivity index (χ0n) is 5.62. The molecular formula is C7H13P. The minimum Gasteiger partial charge on any atom is -0.0949 e. The van der Waals surface area contributed by atoms with Crippen LogP contribution in [0.3, 0.4) is 0 Å². The second-order valence-electron chi connectivity index (χ2n) is 2.51. The molecule has 0 spiro atoms. The van der Waals surface area contributed by atoms with Crippen LogP contribution in [0.25, 0.3) is 0 Å². The van der Waals surface area contributed by atoms with E-state index in [1.807, 2.05) is 0 Å². The van der Waals surface area contributed by atoms with E-state index in [1.54, 1.807) is 10.9 Å². The Morgan fingerprint density at radius 1 is 1.50 bits per heavy atom.